The highest BCUT2D eigenvalue weighted by Crippen LogP contribution is 2.20. The summed E-state index contributed by atoms with van der Waals surface area (Å²) in [4.78, 5) is 2.25. The van der Waals surface area contributed by atoms with Crippen molar-refractivity contribution in [3.63, 3.8) is 0 Å². The first-order valence-corrected chi connectivity index (χ1v) is 5.59. The van der Waals surface area contributed by atoms with E-state index in [1.807, 2.05) is 25.4 Å². The molecule has 0 radical (unpaired) electrons. The van der Waals surface area contributed by atoms with Crippen molar-refractivity contribution in [3.8, 4) is 0 Å². The van der Waals surface area contributed by atoms with Gasteiger partial charge in [-0.05, 0) is 32.1 Å². The summed E-state index contributed by atoms with van der Waals surface area (Å²) in [5.74, 6) is 0. The van der Waals surface area contributed by atoms with Crippen LogP contribution in [0.2, 0.25) is 0 Å². The van der Waals surface area contributed by atoms with E-state index in [2.05, 4.69) is 29.4 Å². The number of likely N-dealkylation sites (N-methyl/N-ethyl adjacent to an activating group) is 1. The third-order valence-corrected chi connectivity index (χ3v) is 2.75. The molecule has 0 spiro atoms. The standard InChI is InChI=1S/C13H18N2O/c1-14-10-15(2)8-7-11-9-16-13-6-4-3-5-12(11)13/h3-6,9,14H,7-8,10H2,1-2H3. The Kier molecular flexibility index (Phi) is 3.59. The van der Waals surface area contributed by atoms with Crippen LogP contribution in [0.15, 0.2) is 34.9 Å². The van der Waals surface area contributed by atoms with E-state index in [4.69, 9.17) is 4.42 Å². The van der Waals surface area contributed by atoms with Crippen LogP contribution < -0.4 is 5.32 Å². The average Bonchev–Trinajstić information content (AvgIpc) is 2.70. The molecule has 1 heterocycles. The highest BCUT2D eigenvalue weighted by Gasteiger charge is 2.05. The molecular formula is C13H18N2O. The van der Waals surface area contributed by atoms with Gasteiger partial charge in [-0.1, -0.05) is 18.2 Å². The SMILES string of the molecule is CNCN(C)CCc1coc2ccccc12. The zero-order chi connectivity index (χ0) is 11.4. The van der Waals surface area contributed by atoms with Gasteiger partial charge in [-0.15, -0.1) is 0 Å². The number of nitrogens with zero attached hydrogens (tertiary/aromatic N) is 1. The molecule has 0 saturated carbocycles. The Bertz CT molecular complexity index is 450. The molecule has 0 aliphatic carbocycles. The maximum atomic E-state index is 5.51. The predicted molar refractivity (Wildman–Crippen MR) is 66.5 cm³/mol. The summed E-state index contributed by atoms with van der Waals surface area (Å²) < 4.78 is 5.51. The third-order valence-electron chi connectivity index (χ3n) is 2.75. The van der Waals surface area contributed by atoms with Crippen LogP contribution >= 0.6 is 0 Å². The summed E-state index contributed by atoms with van der Waals surface area (Å²) in [7, 11) is 4.07. The van der Waals surface area contributed by atoms with Crippen molar-refractivity contribution in [1.29, 1.82) is 0 Å². The second-order valence-corrected chi connectivity index (χ2v) is 4.10. The molecule has 2 aromatic rings. The van der Waals surface area contributed by atoms with Gasteiger partial charge in [-0.2, -0.15) is 0 Å². The van der Waals surface area contributed by atoms with Crippen molar-refractivity contribution in [2.75, 3.05) is 27.3 Å². The first-order valence-electron chi connectivity index (χ1n) is 5.59. The molecule has 86 valence electrons. The minimum atomic E-state index is 0.912. The molecule has 0 saturated heterocycles. The number of benzene rings is 1. The maximum Gasteiger partial charge on any atom is 0.134 e. The molecular weight excluding hydrogens is 200 g/mol. The Labute approximate surface area is 96.0 Å². The van der Waals surface area contributed by atoms with Gasteiger partial charge in [-0.3, -0.25) is 4.90 Å². The first-order chi connectivity index (χ1) is 7.81. The minimum Gasteiger partial charge on any atom is -0.464 e. The van der Waals surface area contributed by atoms with E-state index in [9.17, 15) is 0 Å². The van der Waals surface area contributed by atoms with Gasteiger partial charge in [0.1, 0.15) is 5.58 Å². The molecule has 3 heteroatoms. The Morgan fingerprint density at radius 2 is 2.12 bits per heavy atom. The summed E-state index contributed by atoms with van der Waals surface area (Å²) in [5, 5.41) is 4.37. The van der Waals surface area contributed by atoms with E-state index in [0.29, 0.717) is 0 Å². The highest BCUT2D eigenvalue weighted by atomic mass is 16.3. The van der Waals surface area contributed by atoms with Gasteiger partial charge in [0, 0.05) is 18.6 Å². The Balaban J connectivity index is 2.04. The lowest BCUT2D eigenvalue weighted by atomic mass is 10.1. The van der Waals surface area contributed by atoms with Gasteiger partial charge in [0.05, 0.1) is 6.26 Å². The first kappa shape index (κ1) is 11.2. The van der Waals surface area contributed by atoms with Crippen molar-refractivity contribution in [1.82, 2.24) is 10.2 Å². The summed E-state index contributed by atoms with van der Waals surface area (Å²) >= 11 is 0. The van der Waals surface area contributed by atoms with Crippen molar-refractivity contribution in [2.45, 2.75) is 6.42 Å². The summed E-state index contributed by atoms with van der Waals surface area (Å²) in [6, 6.07) is 8.18. The highest BCUT2D eigenvalue weighted by molar-refractivity contribution is 5.80. The molecule has 0 amide bonds. The molecule has 0 aliphatic rings. The molecule has 0 unspecified atom stereocenters. The number of hydrogen-bond acceptors (Lipinski definition) is 3. The van der Waals surface area contributed by atoms with Gasteiger partial charge in [0.25, 0.3) is 0 Å². The Hall–Kier alpha value is -1.32. The van der Waals surface area contributed by atoms with Crippen molar-refractivity contribution < 1.29 is 4.42 Å². The molecule has 1 aromatic heterocycles. The number of nitrogens with one attached hydrogen (secondary N) is 1. The molecule has 1 aromatic carbocycles. The quantitative estimate of drug-likeness (QED) is 0.779. The van der Waals surface area contributed by atoms with Crippen LogP contribution in [0.4, 0.5) is 0 Å². The molecule has 0 fully saturated rings. The zero-order valence-corrected chi connectivity index (χ0v) is 9.86. The van der Waals surface area contributed by atoms with Crippen LogP contribution in [0.25, 0.3) is 11.0 Å². The maximum absolute atomic E-state index is 5.51. The fourth-order valence-electron chi connectivity index (χ4n) is 1.89. The van der Waals surface area contributed by atoms with Crippen molar-refractivity contribution >= 4 is 11.0 Å². The minimum absolute atomic E-state index is 0.912. The van der Waals surface area contributed by atoms with Crippen LogP contribution in [0.5, 0.6) is 0 Å². The molecule has 0 aliphatic heterocycles. The normalized spacial score (nSPS) is 11.4. The van der Waals surface area contributed by atoms with E-state index in [-0.39, 0.29) is 0 Å². The molecule has 3 nitrogen and oxygen atoms in total. The second kappa shape index (κ2) is 5.14. The lowest BCUT2D eigenvalue weighted by Crippen LogP contribution is -2.30. The predicted octanol–water partition coefficient (Wildman–Crippen LogP) is 2.08. The molecule has 0 atom stereocenters. The van der Waals surface area contributed by atoms with Gasteiger partial charge < -0.3 is 9.73 Å². The van der Waals surface area contributed by atoms with Crippen LogP contribution in [-0.2, 0) is 6.42 Å². The second-order valence-electron chi connectivity index (χ2n) is 4.10. The summed E-state index contributed by atoms with van der Waals surface area (Å²) in [6.07, 6.45) is 2.90. The van der Waals surface area contributed by atoms with Gasteiger partial charge in [0.15, 0.2) is 0 Å². The largest absolute Gasteiger partial charge is 0.464 e. The summed E-state index contributed by atoms with van der Waals surface area (Å²) in [6.45, 7) is 1.94. The third kappa shape index (κ3) is 2.43. The number of hydrogen-bond donors (Lipinski definition) is 1. The smallest absolute Gasteiger partial charge is 0.134 e. The number of para-hydroxylation sites is 1. The Morgan fingerprint density at radius 3 is 2.94 bits per heavy atom. The number of fused-ring (bicyclic) bond motifs is 1. The van der Waals surface area contributed by atoms with E-state index in [1.54, 1.807) is 0 Å². The van der Waals surface area contributed by atoms with Gasteiger partial charge >= 0.3 is 0 Å². The fourth-order valence-corrected chi connectivity index (χ4v) is 1.89. The molecule has 2 rings (SSSR count). The van der Waals surface area contributed by atoms with Gasteiger partial charge in [-0.25, -0.2) is 0 Å². The van der Waals surface area contributed by atoms with Crippen molar-refractivity contribution in [2.24, 2.45) is 0 Å². The van der Waals surface area contributed by atoms with Crippen LogP contribution in [-0.4, -0.2) is 32.2 Å². The van der Waals surface area contributed by atoms with E-state index >= 15 is 0 Å². The molecule has 16 heavy (non-hydrogen) atoms. The molecule has 1 N–H and O–H groups in total. The van der Waals surface area contributed by atoms with Crippen LogP contribution in [0.1, 0.15) is 5.56 Å². The van der Waals surface area contributed by atoms with Gasteiger partial charge in [0.2, 0.25) is 0 Å². The Morgan fingerprint density at radius 1 is 1.31 bits per heavy atom. The lowest BCUT2D eigenvalue weighted by molar-refractivity contribution is 0.321. The van der Waals surface area contributed by atoms with Crippen molar-refractivity contribution in [3.05, 3.63) is 36.1 Å². The molecule has 0 bridgehead atoms. The van der Waals surface area contributed by atoms with E-state index in [0.717, 1.165) is 25.2 Å². The summed E-state index contributed by atoms with van der Waals surface area (Å²) in [5.41, 5.74) is 2.27. The zero-order valence-electron chi connectivity index (χ0n) is 9.86. The van der Waals surface area contributed by atoms with E-state index < -0.39 is 0 Å². The number of rotatable bonds is 5. The topological polar surface area (TPSA) is 28.4 Å². The fraction of sp³-hybridized carbons (Fsp3) is 0.385. The lowest BCUT2D eigenvalue weighted by Gasteiger charge is -2.14. The van der Waals surface area contributed by atoms with E-state index in [1.165, 1.54) is 10.9 Å². The number of furan rings is 1. The van der Waals surface area contributed by atoms with Crippen LogP contribution in [0.3, 0.4) is 0 Å². The monoisotopic (exact) mass is 218 g/mol. The average molecular weight is 218 g/mol. The van der Waals surface area contributed by atoms with Crippen LogP contribution in [0, 0.1) is 0 Å².